The molecule has 118 valence electrons. The molecule has 1 aliphatic heterocycles. The second-order valence-corrected chi connectivity index (χ2v) is 7.02. The highest BCUT2D eigenvalue weighted by atomic mass is 32.2. The van der Waals surface area contributed by atoms with Gasteiger partial charge in [0.05, 0.1) is 6.10 Å². The van der Waals surface area contributed by atoms with Gasteiger partial charge in [0, 0.05) is 26.7 Å². The fraction of sp³-hybridized carbons (Fsp3) is 0.917. The second-order valence-electron chi connectivity index (χ2n) is 4.99. The molecule has 0 aromatic rings. The molecule has 0 atom stereocenters. The minimum atomic E-state index is -3.39. The van der Waals surface area contributed by atoms with E-state index in [0.717, 1.165) is 12.8 Å². The van der Waals surface area contributed by atoms with Crippen LogP contribution in [0.2, 0.25) is 0 Å². The summed E-state index contributed by atoms with van der Waals surface area (Å²) in [6.45, 7) is 2.97. The quantitative estimate of drug-likeness (QED) is 0.707. The molecule has 1 heterocycles. The van der Waals surface area contributed by atoms with E-state index in [1.807, 2.05) is 6.92 Å². The molecular weight excluding hydrogens is 284 g/mol. The van der Waals surface area contributed by atoms with Crippen molar-refractivity contribution in [1.29, 1.82) is 0 Å². The fourth-order valence-electron chi connectivity index (χ4n) is 2.11. The fourth-order valence-corrected chi connectivity index (χ4v) is 3.54. The first-order valence-corrected chi connectivity index (χ1v) is 8.32. The molecule has 0 bridgehead atoms. The Morgan fingerprint density at radius 3 is 2.50 bits per heavy atom. The van der Waals surface area contributed by atoms with Crippen molar-refractivity contribution in [2.24, 2.45) is 0 Å². The van der Waals surface area contributed by atoms with E-state index in [1.165, 1.54) is 8.61 Å². The van der Waals surface area contributed by atoms with E-state index in [2.05, 4.69) is 0 Å². The van der Waals surface area contributed by atoms with Crippen molar-refractivity contribution >= 4 is 16.2 Å². The number of carboxylic acids is 1. The third-order valence-corrected chi connectivity index (χ3v) is 5.38. The summed E-state index contributed by atoms with van der Waals surface area (Å²) >= 11 is 0. The van der Waals surface area contributed by atoms with Crippen LogP contribution in [0.25, 0.3) is 0 Å². The first kappa shape index (κ1) is 17.4. The molecule has 0 spiro atoms. The molecular formula is C12H24N2O5S. The average Bonchev–Trinajstić information content (AvgIpc) is 2.42. The number of unbranched alkanes of at least 4 members (excludes halogenated alkanes) is 1. The number of carbonyl (C=O) groups is 1. The lowest BCUT2D eigenvalue weighted by Crippen LogP contribution is -2.47. The Hall–Kier alpha value is -0.700. The Morgan fingerprint density at radius 2 is 2.00 bits per heavy atom. The van der Waals surface area contributed by atoms with Crippen molar-refractivity contribution in [3.63, 3.8) is 0 Å². The zero-order valence-electron chi connectivity index (χ0n) is 12.1. The van der Waals surface area contributed by atoms with E-state index in [1.54, 1.807) is 7.05 Å². The van der Waals surface area contributed by atoms with Gasteiger partial charge >= 0.3 is 5.97 Å². The summed E-state index contributed by atoms with van der Waals surface area (Å²) in [6.07, 6.45) is 2.69. The summed E-state index contributed by atoms with van der Waals surface area (Å²) in [4.78, 5) is 10.4. The number of hydrogen-bond donors (Lipinski definition) is 1. The van der Waals surface area contributed by atoms with E-state index < -0.39 is 16.2 Å². The Morgan fingerprint density at radius 1 is 1.40 bits per heavy atom. The molecule has 1 saturated heterocycles. The average molecular weight is 308 g/mol. The number of rotatable bonds is 8. The van der Waals surface area contributed by atoms with Crippen LogP contribution in [-0.2, 0) is 19.7 Å². The molecule has 0 aliphatic carbocycles. The lowest BCUT2D eigenvalue weighted by Gasteiger charge is -2.33. The highest BCUT2D eigenvalue weighted by Gasteiger charge is 2.31. The van der Waals surface area contributed by atoms with Crippen LogP contribution in [0.15, 0.2) is 0 Å². The summed E-state index contributed by atoms with van der Waals surface area (Å²) in [5, 5.41) is 8.54. The Balaban J connectivity index is 2.45. The Labute approximate surface area is 120 Å². The number of carboxylic acid groups (broad SMARTS) is 1. The lowest BCUT2D eigenvalue weighted by atomic mass is 10.1. The van der Waals surface area contributed by atoms with Crippen molar-refractivity contribution in [2.45, 2.75) is 38.7 Å². The molecule has 0 aromatic heterocycles. The highest BCUT2D eigenvalue weighted by Crippen LogP contribution is 2.18. The summed E-state index contributed by atoms with van der Waals surface area (Å²) < 4.78 is 32.6. The van der Waals surface area contributed by atoms with Crippen molar-refractivity contribution in [3.8, 4) is 0 Å². The number of hydrogen-bond acceptors (Lipinski definition) is 4. The van der Waals surface area contributed by atoms with E-state index in [9.17, 15) is 13.2 Å². The van der Waals surface area contributed by atoms with Crippen LogP contribution in [0.3, 0.4) is 0 Å². The molecule has 7 nitrogen and oxygen atoms in total. The molecule has 20 heavy (non-hydrogen) atoms. The van der Waals surface area contributed by atoms with Crippen molar-refractivity contribution in [2.75, 3.05) is 33.3 Å². The first-order chi connectivity index (χ1) is 9.37. The zero-order chi connectivity index (χ0) is 15.2. The summed E-state index contributed by atoms with van der Waals surface area (Å²) in [7, 11) is -1.80. The van der Waals surface area contributed by atoms with Gasteiger partial charge in [0.2, 0.25) is 0 Å². The lowest BCUT2D eigenvalue weighted by molar-refractivity contribution is -0.145. The van der Waals surface area contributed by atoms with Crippen LogP contribution in [0, 0.1) is 0 Å². The predicted molar refractivity (Wildman–Crippen MR) is 74.6 cm³/mol. The van der Waals surface area contributed by atoms with Gasteiger partial charge in [0.15, 0.2) is 0 Å². The van der Waals surface area contributed by atoms with Gasteiger partial charge in [0.25, 0.3) is 10.2 Å². The zero-order valence-corrected chi connectivity index (χ0v) is 12.9. The molecule has 0 radical (unpaired) electrons. The van der Waals surface area contributed by atoms with Gasteiger partial charge in [-0.15, -0.1) is 0 Å². The van der Waals surface area contributed by atoms with Crippen molar-refractivity contribution in [3.05, 3.63) is 0 Å². The standard InChI is InChI=1S/C12H24N2O5S/c1-3-4-7-13(2)20(17,18)14-8-5-11(6-9-14)19-10-12(15)16/h11H,3-10H2,1-2H3,(H,15,16). The van der Waals surface area contributed by atoms with Gasteiger partial charge < -0.3 is 9.84 Å². The molecule has 1 N–H and O–H groups in total. The molecule has 8 heteroatoms. The van der Waals surface area contributed by atoms with Gasteiger partial charge in [-0.25, -0.2) is 4.79 Å². The van der Waals surface area contributed by atoms with Crippen molar-refractivity contribution in [1.82, 2.24) is 8.61 Å². The Kier molecular flexibility index (Phi) is 6.87. The number of aliphatic carboxylic acids is 1. The van der Waals surface area contributed by atoms with Crippen LogP contribution in [0.5, 0.6) is 0 Å². The number of nitrogens with zero attached hydrogens (tertiary/aromatic N) is 2. The molecule has 1 aliphatic rings. The maximum atomic E-state index is 12.3. The summed E-state index contributed by atoms with van der Waals surface area (Å²) in [6, 6.07) is 0. The molecule has 0 amide bonds. The first-order valence-electron chi connectivity index (χ1n) is 6.92. The van der Waals surface area contributed by atoms with Crippen LogP contribution >= 0.6 is 0 Å². The molecule has 1 rings (SSSR count). The third kappa shape index (κ3) is 5.01. The maximum absolute atomic E-state index is 12.3. The van der Waals surface area contributed by atoms with Crippen LogP contribution < -0.4 is 0 Å². The summed E-state index contributed by atoms with van der Waals surface area (Å²) in [5.74, 6) is -1.00. The van der Waals surface area contributed by atoms with Crippen LogP contribution in [0.4, 0.5) is 0 Å². The molecule has 0 unspecified atom stereocenters. The van der Waals surface area contributed by atoms with Gasteiger partial charge in [-0.05, 0) is 19.3 Å². The minimum absolute atomic E-state index is 0.168. The van der Waals surface area contributed by atoms with E-state index in [-0.39, 0.29) is 12.7 Å². The second kappa shape index (κ2) is 7.92. The maximum Gasteiger partial charge on any atom is 0.329 e. The summed E-state index contributed by atoms with van der Waals surface area (Å²) in [5.41, 5.74) is 0. The smallest absolute Gasteiger partial charge is 0.329 e. The number of piperidine rings is 1. The van der Waals surface area contributed by atoms with Gasteiger partial charge in [-0.2, -0.15) is 17.0 Å². The largest absolute Gasteiger partial charge is 0.480 e. The van der Waals surface area contributed by atoms with E-state index >= 15 is 0 Å². The third-order valence-electron chi connectivity index (χ3n) is 3.39. The van der Waals surface area contributed by atoms with E-state index in [4.69, 9.17) is 9.84 Å². The van der Waals surface area contributed by atoms with E-state index in [0.29, 0.717) is 32.5 Å². The minimum Gasteiger partial charge on any atom is -0.480 e. The van der Waals surface area contributed by atoms with Crippen molar-refractivity contribution < 1.29 is 23.1 Å². The van der Waals surface area contributed by atoms with Crippen LogP contribution in [-0.4, -0.2) is 67.5 Å². The normalized spacial score (nSPS) is 18.6. The SMILES string of the molecule is CCCCN(C)S(=O)(=O)N1CCC(OCC(=O)O)CC1. The molecule has 0 aromatic carbocycles. The number of ether oxygens (including phenoxy) is 1. The molecule has 0 saturated carbocycles. The van der Waals surface area contributed by atoms with Gasteiger partial charge in [-0.1, -0.05) is 13.3 Å². The van der Waals surface area contributed by atoms with Gasteiger partial charge in [-0.3, -0.25) is 0 Å². The van der Waals surface area contributed by atoms with Gasteiger partial charge in [0.1, 0.15) is 6.61 Å². The topological polar surface area (TPSA) is 87.2 Å². The monoisotopic (exact) mass is 308 g/mol. The Bertz CT molecular complexity index is 404. The molecule has 1 fully saturated rings. The predicted octanol–water partition coefficient (Wildman–Crippen LogP) is 0.529. The highest BCUT2D eigenvalue weighted by molar-refractivity contribution is 7.86. The van der Waals surface area contributed by atoms with Crippen LogP contribution in [0.1, 0.15) is 32.6 Å².